The van der Waals surface area contributed by atoms with E-state index in [1.165, 1.54) is 6.07 Å². The number of aromatic nitrogens is 2. The number of phenols is 1. The van der Waals surface area contributed by atoms with E-state index in [-0.39, 0.29) is 33.8 Å². The topological polar surface area (TPSA) is 107 Å². The number of piperazine rings is 1. The Bertz CT molecular complexity index is 2080. The van der Waals surface area contributed by atoms with Crippen LogP contribution < -0.4 is 15.0 Å². The van der Waals surface area contributed by atoms with E-state index in [2.05, 4.69) is 27.1 Å². The quantitative estimate of drug-likeness (QED) is 0.262. The number of hydrogen-bond donors (Lipinski definition) is 2. The van der Waals surface area contributed by atoms with Crippen LogP contribution in [0, 0.1) is 53.7 Å². The zero-order valence-corrected chi connectivity index (χ0v) is 27.6. The smallest absolute Gasteiger partial charge is 0.319 e. The molecule has 5 fully saturated rings. The zero-order valence-electron chi connectivity index (χ0n) is 27.6. The Morgan fingerprint density at radius 1 is 1.10 bits per heavy atom. The lowest BCUT2D eigenvalue weighted by Gasteiger charge is -2.34. The van der Waals surface area contributed by atoms with Crippen molar-refractivity contribution in [2.75, 3.05) is 57.4 Å². The predicted molar refractivity (Wildman–Crippen MR) is 185 cm³/mol. The van der Waals surface area contributed by atoms with Crippen LogP contribution in [0.3, 0.4) is 0 Å². The summed E-state index contributed by atoms with van der Waals surface area (Å²) in [6.45, 7) is 8.60. The van der Waals surface area contributed by atoms with Crippen LogP contribution >= 0.6 is 0 Å². The minimum atomic E-state index is -0.663. The molecule has 3 aromatic carbocycles. The summed E-state index contributed by atoms with van der Waals surface area (Å²) in [4.78, 5) is 14.4. The van der Waals surface area contributed by atoms with Crippen LogP contribution in [0.15, 0.2) is 30.3 Å². The molecule has 4 aliphatic heterocycles. The standard InChI is InChI=1S/C39H39FN6O3/c1-3-30-22(2)4-5-23-10-29(47)12-31(33(23)30)34-24(13-41)11-32-36(35(34)40)43-38(44-37(32)46-16-27-6-7-28(17-46)42-27)49-21-39(8-9-39)20-45-14-25-18-48-19-26(25)15-45/h1,4-5,10-12,25-28,42,47H,6-9,14-21H2,2H3. The number of fused-ring (bicyclic) bond motifs is 5. The van der Waals surface area contributed by atoms with Gasteiger partial charge < -0.3 is 29.7 Å². The van der Waals surface area contributed by atoms with Crippen LogP contribution in [0.1, 0.15) is 42.4 Å². The molecule has 5 aliphatic rings. The number of aryl methyl sites for hydroxylation is 1. The van der Waals surface area contributed by atoms with Crippen molar-refractivity contribution in [3.05, 3.63) is 52.8 Å². The van der Waals surface area contributed by atoms with E-state index in [9.17, 15) is 10.4 Å². The second-order valence-corrected chi connectivity index (χ2v) is 15.0. The van der Waals surface area contributed by atoms with E-state index in [4.69, 9.17) is 25.9 Å². The van der Waals surface area contributed by atoms with Crippen LogP contribution in [-0.2, 0) is 4.74 Å². The lowest BCUT2D eigenvalue weighted by atomic mass is 9.89. The zero-order chi connectivity index (χ0) is 33.4. The number of aromatic hydroxyl groups is 1. The normalized spacial score (nSPS) is 25.4. The summed E-state index contributed by atoms with van der Waals surface area (Å²) in [6, 6.07) is 11.5. The fourth-order valence-electron chi connectivity index (χ4n) is 8.89. The van der Waals surface area contributed by atoms with Gasteiger partial charge in [0.05, 0.1) is 31.5 Å². The van der Waals surface area contributed by atoms with Crippen molar-refractivity contribution < 1.29 is 19.0 Å². The number of halogens is 1. The lowest BCUT2D eigenvalue weighted by molar-refractivity contribution is 0.131. The third kappa shape index (κ3) is 5.25. The summed E-state index contributed by atoms with van der Waals surface area (Å²) >= 11 is 0. The molecule has 1 aliphatic carbocycles. The van der Waals surface area contributed by atoms with Crippen molar-refractivity contribution in [1.82, 2.24) is 20.2 Å². The molecule has 10 heteroatoms. The van der Waals surface area contributed by atoms with E-state index in [1.54, 1.807) is 12.1 Å². The second kappa shape index (κ2) is 11.6. The Kier molecular flexibility index (Phi) is 7.21. The molecule has 9 rings (SSSR count). The molecule has 2 N–H and O–H groups in total. The number of anilines is 1. The highest BCUT2D eigenvalue weighted by Crippen LogP contribution is 2.48. The van der Waals surface area contributed by atoms with Gasteiger partial charge in [0.15, 0.2) is 5.82 Å². The minimum Gasteiger partial charge on any atom is -0.508 e. The van der Waals surface area contributed by atoms with Gasteiger partial charge in [0, 0.05) is 84.0 Å². The van der Waals surface area contributed by atoms with Gasteiger partial charge in [-0.2, -0.15) is 15.2 Å². The van der Waals surface area contributed by atoms with Crippen molar-refractivity contribution in [2.24, 2.45) is 17.3 Å². The Morgan fingerprint density at radius 3 is 2.55 bits per heavy atom. The van der Waals surface area contributed by atoms with Gasteiger partial charge in [-0.15, -0.1) is 6.42 Å². The molecular formula is C39H39FN6O3. The second-order valence-electron chi connectivity index (χ2n) is 15.0. The van der Waals surface area contributed by atoms with Gasteiger partial charge >= 0.3 is 6.01 Å². The highest BCUT2D eigenvalue weighted by Gasteiger charge is 2.48. The molecule has 9 nitrogen and oxygen atoms in total. The Hall–Kier alpha value is -4.48. The first-order chi connectivity index (χ1) is 23.8. The maximum Gasteiger partial charge on any atom is 0.319 e. The van der Waals surface area contributed by atoms with Crippen molar-refractivity contribution in [3.63, 3.8) is 0 Å². The number of nitriles is 1. The summed E-state index contributed by atoms with van der Waals surface area (Å²) in [6.07, 6.45) is 10.3. The van der Waals surface area contributed by atoms with Crippen LogP contribution in [0.5, 0.6) is 11.8 Å². The van der Waals surface area contributed by atoms with Crippen LogP contribution in [-0.4, -0.2) is 84.6 Å². The van der Waals surface area contributed by atoms with Gasteiger partial charge in [-0.3, -0.25) is 0 Å². The number of ether oxygens (including phenoxy) is 2. The Morgan fingerprint density at radius 2 is 1.86 bits per heavy atom. The van der Waals surface area contributed by atoms with E-state index in [0.29, 0.717) is 63.6 Å². The van der Waals surface area contributed by atoms with Crippen molar-refractivity contribution in [1.29, 1.82) is 5.26 Å². The minimum absolute atomic E-state index is 0.0322. The van der Waals surface area contributed by atoms with E-state index in [0.717, 1.165) is 77.2 Å². The summed E-state index contributed by atoms with van der Waals surface area (Å²) in [5.41, 5.74) is 2.07. The molecule has 4 unspecified atom stereocenters. The van der Waals surface area contributed by atoms with Gasteiger partial charge in [0.25, 0.3) is 0 Å². The van der Waals surface area contributed by atoms with Gasteiger partial charge in [0.1, 0.15) is 17.1 Å². The third-order valence-electron chi connectivity index (χ3n) is 11.6. The highest BCUT2D eigenvalue weighted by atomic mass is 19.1. The molecule has 1 aromatic heterocycles. The number of nitrogens with one attached hydrogen (secondary N) is 1. The lowest BCUT2D eigenvalue weighted by Crippen LogP contribution is -2.51. The van der Waals surface area contributed by atoms with E-state index in [1.807, 2.05) is 19.1 Å². The van der Waals surface area contributed by atoms with Crippen LogP contribution in [0.25, 0.3) is 32.8 Å². The fraction of sp³-hybridized carbons (Fsp3) is 0.462. The fourth-order valence-corrected chi connectivity index (χ4v) is 8.89. The highest BCUT2D eigenvalue weighted by molar-refractivity contribution is 6.06. The SMILES string of the molecule is C#Cc1c(C)ccc2cc(O)cc(-c3c(C#N)cc4c(N5CC6CCC(C5)N6)nc(OCC5(CN6CC7COCC7C6)CC5)nc4c3F)c12. The number of nitrogens with zero attached hydrogens (tertiary/aromatic N) is 5. The summed E-state index contributed by atoms with van der Waals surface area (Å²) in [5, 5.41) is 26.6. The molecule has 0 radical (unpaired) electrons. The van der Waals surface area contributed by atoms with Crippen LogP contribution in [0.4, 0.5) is 10.2 Å². The van der Waals surface area contributed by atoms with E-state index < -0.39 is 5.82 Å². The maximum atomic E-state index is 17.3. The average molecular weight is 659 g/mol. The summed E-state index contributed by atoms with van der Waals surface area (Å²) in [7, 11) is 0. The molecule has 0 spiro atoms. The number of rotatable bonds is 7. The maximum absolute atomic E-state index is 17.3. The van der Waals surface area contributed by atoms with Gasteiger partial charge in [-0.1, -0.05) is 18.1 Å². The van der Waals surface area contributed by atoms with Crippen molar-refractivity contribution in [3.8, 4) is 41.3 Å². The Balaban J connectivity index is 1.15. The molecule has 5 heterocycles. The van der Waals surface area contributed by atoms with Crippen molar-refractivity contribution in [2.45, 2.75) is 44.7 Å². The largest absolute Gasteiger partial charge is 0.508 e. The van der Waals surface area contributed by atoms with Gasteiger partial charge in [-0.25, -0.2) is 4.39 Å². The molecular weight excluding hydrogens is 619 g/mol. The first-order valence-electron chi connectivity index (χ1n) is 17.4. The first-order valence-corrected chi connectivity index (χ1v) is 17.4. The molecule has 4 saturated heterocycles. The molecule has 1 saturated carbocycles. The molecule has 0 amide bonds. The third-order valence-corrected chi connectivity index (χ3v) is 11.6. The Labute approximate surface area is 285 Å². The van der Waals surface area contributed by atoms with Crippen molar-refractivity contribution >= 4 is 27.5 Å². The molecule has 250 valence electrons. The molecule has 4 aromatic rings. The number of benzene rings is 3. The van der Waals surface area contributed by atoms with E-state index >= 15 is 4.39 Å². The number of terminal acetylenes is 1. The number of hydrogen-bond acceptors (Lipinski definition) is 9. The average Bonchev–Trinajstić information content (AvgIpc) is 3.34. The van der Waals surface area contributed by atoms with Gasteiger partial charge in [-0.05, 0) is 67.3 Å². The number of likely N-dealkylation sites (tertiary alicyclic amines) is 1. The first kappa shape index (κ1) is 30.6. The van der Waals surface area contributed by atoms with Crippen LogP contribution in [0.2, 0.25) is 0 Å². The predicted octanol–water partition coefficient (Wildman–Crippen LogP) is 5.13. The summed E-state index contributed by atoms with van der Waals surface area (Å²) < 4.78 is 29.4. The number of phenolic OH excluding ortho intramolecular Hbond substituents is 1. The van der Waals surface area contributed by atoms with Gasteiger partial charge in [0.2, 0.25) is 0 Å². The monoisotopic (exact) mass is 658 g/mol. The molecule has 4 atom stereocenters. The summed E-state index contributed by atoms with van der Waals surface area (Å²) in [5.74, 6) is 3.87. The molecule has 49 heavy (non-hydrogen) atoms. The molecule has 2 bridgehead atoms.